The third-order valence-electron chi connectivity index (χ3n) is 3.48. The summed E-state index contributed by atoms with van der Waals surface area (Å²) in [4.78, 5) is 19.9. The van der Waals surface area contributed by atoms with E-state index in [1.165, 1.54) is 16.2 Å². The van der Waals surface area contributed by atoms with Crippen LogP contribution in [0.2, 0.25) is 10.0 Å². The van der Waals surface area contributed by atoms with E-state index in [-0.39, 0.29) is 5.91 Å². The number of carbonyl (C=O) groups excluding carboxylic acids is 1. The van der Waals surface area contributed by atoms with Gasteiger partial charge in [-0.1, -0.05) is 23.2 Å². The molecule has 2 heterocycles. The van der Waals surface area contributed by atoms with E-state index in [4.69, 9.17) is 28.9 Å². The number of thiazole rings is 1. The number of rotatable bonds is 1. The maximum atomic E-state index is 12.5. The molecular weight excluding hydrogens is 329 g/mol. The van der Waals surface area contributed by atoms with Crippen molar-refractivity contribution < 1.29 is 4.79 Å². The van der Waals surface area contributed by atoms with Gasteiger partial charge in [0.05, 0.1) is 15.7 Å². The Morgan fingerprint density at radius 3 is 2.76 bits per heavy atom. The Hall–Kier alpha value is -1.30. The number of carbonyl (C=O) groups is 1. The summed E-state index contributed by atoms with van der Waals surface area (Å²) in [6.07, 6.45) is 1.52. The summed E-state index contributed by atoms with van der Waals surface area (Å²) in [7, 11) is 0. The van der Waals surface area contributed by atoms with Crippen LogP contribution in [0, 0.1) is 0 Å². The lowest BCUT2D eigenvalue weighted by molar-refractivity contribution is 0.0763. The number of hydrogen-bond donors (Lipinski definition) is 1. The topological polar surface area (TPSA) is 59.2 Å². The van der Waals surface area contributed by atoms with Crippen LogP contribution in [-0.4, -0.2) is 28.9 Å². The van der Waals surface area contributed by atoms with E-state index in [2.05, 4.69) is 4.98 Å². The number of nitrogens with two attached hydrogens (primary N) is 1. The monoisotopic (exact) mass is 341 g/mol. The molecule has 0 saturated carbocycles. The van der Waals surface area contributed by atoms with Gasteiger partial charge in [0.25, 0.3) is 5.91 Å². The Bertz CT molecular complexity index is 676. The molecule has 7 heteroatoms. The smallest absolute Gasteiger partial charge is 0.253 e. The molecule has 0 radical (unpaired) electrons. The van der Waals surface area contributed by atoms with Crippen molar-refractivity contribution in [2.45, 2.75) is 12.8 Å². The van der Waals surface area contributed by atoms with Gasteiger partial charge in [-0.3, -0.25) is 4.79 Å². The first-order valence-electron chi connectivity index (χ1n) is 6.53. The molecule has 1 amide bonds. The average molecular weight is 342 g/mol. The van der Waals surface area contributed by atoms with Crippen molar-refractivity contribution in [1.82, 2.24) is 9.88 Å². The van der Waals surface area contributed by atoms with E-state index in [0.29, 0.717) is 33.8 Å². The average Bonchev–Trinajstić information content (AvgIpc) is 2.70. The first kappa shape index (κ1) is 14.6. The summed E-state index contributed by atoms with van der Waals surface area (Å²) >= 11 is 13.4. The number of amides is 1. The van der Waals surface area contributed by atoms with Crippen LogP contribution in [0.3, 0.4) is 0 Å². The molecule has 1 aromatic carbocycles. The molecule has 2 aromatic rings. The number of anilines is 1. The lowest BCUT2D eigenvalue weighted by atomic mass is 10.2. The second-order valence-corrected chi connectivity index (χ2v) is 6.77. The van der Waals surface area contributed by atoms with E-state index in [1.54, 1.807) is 18.2 Å². The molecule has 21 heavy (non-hydrogen) atoms. The van der Waals surface area contributed by atoms with Crippen LogP contribution >= 0.6 is 34.5 Å². The minimum atomic E-state index is -0.0308. The van der Waals surface area contributed by atoms with Crippen LogP contribution in [0.25, 0.3) is 0 Å². The van der Waals surface area contributed by atoms with Gasteiger partial charge in [-0.25, -0.2) is 4.98 Å². The van der Waals surface area contributed by atoms with Gasteiger partial charge in [-0.15, -0.1) is 11.3 Å². The van der Waals surface area contributed by atoms with Gasteiger partial charge in [0, 0.05) is 36.4 Å². The highest BCUT2D eigenvalue weighted by Crippen LogP contribution is 2.26. The standard InChI is InChI=1S/C14H13Cl2N3OS/c15-9-2-1-8(7-10(9)16)13(20)19-5-3-11-12(4-6-19)21-14(17)18-11/h1-2,7H,3-6H2,(H2,17,18). The molecule has 3 rings (SSSR count). The summed E-state index contributed by atoms with van der Waals surface area (Å²) in [6.45, 7) is 1.29. The number of nitrogens with zero attached hydrogens (tertiary/aromatic N) is 2. The van der Waals surface area contributed by atoms with Crippen molar-refractivity contribution in [3.8, 4) is 0 Å². The van der Waals surface area contributed by atoms with Gasteiger partial charge in [-0.05, 0) is 18.2 Å². The third-order valence-corrected chi connectivity index (χ3v) is 5.20. The van der Waals surface area contributed by atoms with Crippen LogP contribution < -0.4 is 5.73 Å². The summed E-state index contributed by atoms with van der Waals surface area (Å²) in [5.74, 6) is -0.0308. The highest BCUT2D eigenvalue weighted by molar-refractivity contribution is 7.15. The molecule has 4 nitrogen and oxygen atoms in total. The number of nitrogen functional groups attached to an aromatic ring is 1. The molecule has 2 N–H and O–H groups in total. The first-order valence-corrected chi connectivity index (χ1v) is 8.10. The molecule has 0 bridgehead atoms. The zero-order valence-electron chi connectivity index (χ0n) is 11.1. The summed E-state index contributed by atoms with van der Waals surface area (Å²) in [5.41, 5.74) is 7.30. The van der Waals surface area contributed by atoms with Crippen molar-refractivity contribution in [2.24, 2.45) is 0 Å². The number of aromatic nitrogens is 1. The number of hydrogen-bond acceptors (Lipinski definition) is 4. The van der Waals surface area contributed by atoms with Crippen molar-refractivity contribution in [3.05, 3.63) is 44.4 Å². The largest absolute Gasteiger partial charge is 0.375 e. The fourth-order valence-corrected chi connectivity index (χ4v) is 3.56. The Labute approximate surface area is 136 Å². The molecule has 0 saturated heterocycles. The van der Waals surface area contributed by atoms with Crippen molar-refractivity contribution >= 4 is 45.6 Å². The van der Waals surface area contributed by atoms with E-state index in [0.717, 1.165) is 18.5 Å². The molecule has 0 spiro atoms. The van der Waals surface area contributed by atoms with Gasteiger partial charge in [0.15, 0.2) is 5.13 Å². The van der Waals surface area contributed by atoms with Crippen molar-refractivity contribution in [2.75, 3.05) is 18.8 Å². The zero-order valence-corrected chi connectivity index (χ0v) is 13.4. The number of halogens is 2. The Morgan fingerprint density at radius 1 is 1.24 bits per heavy atom. The zero-order chi connectivity index (χ0) is 15.0. The van der Waals surface area contributed by atoms with Crippen molar-refractivity contribution in [1.29, 1.82) is 0 Å². The highest BCUT2D eigenvalue weighted by atomic mass is 35.5. The Balaban J connectivity index is 1.77. The van der Waals surface area contributed by atoms with Crippen LogP contribution in [0.4, 0.5) is 5.13 Å². The second kappa shape index (κ2) is 5.83. The summed E-state index contributed by atoms with van der Waals surface area (Å²) in [6, 6.07) is 4.96. The molecule has 0 aliphatic carbocycles. The second-order valence-electron chi connectivity index (χ2n) is 4.84. The molecule has 1 aromatic heterocycles. The molecular formula is C14H13Cl2N3OS. The Kier molecular flexibility index (Phi) is 4.06. The third kappa shape index (κ3) is 3.00. The van der Waals surface area contributed by atoms with E-state index in [1.807, 2.05) is 4.90 Å². The minimum absolute atomic E-state index is 0.0308. The van der Waals surface area contributed by atoms with Gasteiger partial charge in [0.2, 0.25) is 0 Å². The molecule has 0 fully saturated rings. The van der Waals surface area contributed by atoms with Gasteiger partial charge >= 0.3 is 0 Å². The fourth-order valence-electron chi connectivity index (χ4n) is 2.40. The number of fused-ring (bicyclic) bond motifs is 1. The van der Waals surface area contributed by atoms with Crippen LogP contribution in [-0.2, 0) is 12.8 Å². The van der Waals surface area contributed by atoms with Crippen LogP contribution in [0.5, 0.6) is 0 Å². The predicted octanol–water partition coefficient (Wildman–Crippen LogP) is 3.27. The maximum Gasteiger partial charge on any atom is 0.253 e. The summed E-state index contributed by atoms with van der Waals surface area (Å²) in [5, 5.41) is 1.45. The minimum Gasteiger partial charge on any atom is -0.375 e. The number of benzene rings is 1. The highest BCUT2D eigenvalue weighted by Gasteiger charge is 2.22. The molecule has 110 valence electrons. The molecule has 0 atom stereocenters. The van der Waals surface area contributed by atoms with Gasteiger partial charge in [0.1, 0.15) is 0 Å². The van der Waals surface area contributed by atoms with Gasteiger partial charge < -0.3 is 10.6 Å². The quantitative estimate of drug-likeness (QED) is 0.865. The lowest BCUT2D eigenvalue weighted by Crippen LogP contribution is -2.33. The predicted molar refractivity (Wildman–Crippen MR) is 86.3 cm³/mol. The summed E-state index contributed by atoms with van der Waals surface area (Å²) < 4.78 is 0. The van der Waals surface area contributed by atoms with E-state index in [9.17, 15) is 4.79 Å². The van der Waals surface area contributed by atoms with E-state index < -0.39 is 0 Å². The first-order chi connectivity index (χ1) is 10.0. The van der Waals surface area contributed by atoms with Crippen molar-refractivity contribution in [3.63, 3.8) is 0 Å². The van der Waals surface area contributed by atoms with E-state index >= 15 is 0 Å². The molecule has 1 aliphatic heterocycles. The SMILES string of the molecule is Nc1nc2c(s1)CCN(C(=O)c1ccc(Cl)c(Cl)c1)CC2. The maximum absolute atomic E-state index is 12.5. The Morgan fingerprint density at radius 2 is 2.00 bits per heavy atom. The fraction of sp³-hybridized carbons (Fsp3) is 0.286. The van der Waals surface area contributed by atoms with Crippen LogP contribution in [0.15, 0.2) is 18.2 Å². The van der Waals surface area contributed by atoms with Crippen LogP contribution in [0.1, 0.15) is 20.9 Å². The lowest BCUT2D eigenvalue weighted by Gasteiger charge is -2.20. The molecule has 0 unspecified atom stereocenters. The molecule has 1 aliphatic rings. The van der Waals surface area contributed by atoms with Gasteiger partial charge in [-0.2, -0.15) is 0 Å². The normalized spacial score (nSPS) is 14.7.